The molecule has 4 nitrogen and oxygen atoms in total. The number of nitrogens with one attached hydrogen (secondary N) is 1. The van der Waals surface area contributed by atoms with Crippen molar-refractivity contribution in [1.82, 2.24) is 5.32 Å². The van der Waals surface area contributed by atoms with Gasteiger partial charge in [0.15, 0.2) is 0 Å². The van der Waals surface area contributed by atoms with Gasteiger partial charge >= 0.3 is 0 Å². The Labute approximate surface area is 102 Å². The number of hydrogen-bond donors (Lipinski definition) is 2. The Kier molecular flexibility index (Phi) is 6.29. The molecule has 0 aliphatic carbocycles. The summed E-state index contributed by atoms with van der Waals surface area (Å²) in [7, 11) is 0. The van der Waals surface area contributed by atoms with Gasteiger partial charge in [-0.25, -0.2) is 0 Å². The highest BCUT2D eigenvalue weighted by atomic mass is 16.6. The minimum atomic E-state index is -0.617. The van der Waals surface area contributed by atoms with Crippen LogP contribution >= 0.6 is 0 Å². The maximum Gasteiger partial charge on any atom is 0.142 e. The first-order valence-electron chi connectivity index (χ1n) is 5.79. The van der Waals surface area contributed by atoms with E-state index in [0.29, 0.717) is 19.2 Å². The van der Waals surface area contributed by atoms with Crippen LogP contribution in [-0.2, 0) is 11.4 Å². The topological polar surface area (TPSA) is 53.8 Å². The van der Waals surface area contributed by atoms with Gasteiger partial charge in [-0.15, -0.1) is 0 Å². The summed E-state index contributed by atoms with van der Waals surface area (Å²) in [5.41, 5.74) is 1.06. The summed E-state index contributed by atoms with van der Waals surface area (Å²) in [5.74, 6) is 0. The number of benzene rings is 1. The highest BCUT2D eigenvalue weighted by Gasteiger charge is 2.00. The average molecular weight is 236 g/mol. The lowest BCUT2D eigenvalue weighted by Crippen LogP contribution is -2.32. The van der Waals surface area contributed by atoms with Gasteiger partial charge in [0, 0.05) is 12.6 Å². The molecule has 1 rings (SSSR count). The van der Waals surface area contributed by atoms with Crippen LogP contribution in [0.25, 0.3) is 0 Å². The van der Waals surface area contributed by atoms with Crippen LogP contribution in [0.4, 0.5) is 0 Å². The fraction of sp³-hybridized carbons (Fsp3) is 0.462. The van der Waals surface area contributed by atoms with Gasteiger partial charge in [0.05, 0.1) is 6.21 Å². The van der Waals surface area contributed by atoms with Crippen LogP contribution in [0.3, 0.4) is 0 Å². The molecule has 0 amide bonds. The van der Waals surface area contributed by atoms with E-state index < -0.39 is 6.10 Å². The summed E-state index contributed by atoms with van der Waals surface area (Å²) >= 11 is 0. The van der Waals surface area contributed by atoms with Crippen LogP contribution in [0.5, 0.6) is 0 Å². The van der Waals surface area contributed by atoms with Crippen LogP contribution in [0.2, 0.25) is 0 Å². The average Bonchev–Trinajstić information content (AvgIpc) is 2.33. The number of oxime groups is 1. The van der Waals surface area contributed by atoms with Crippen molar-refractivity contribution in [3.8, 4) is 0 Å². The molecule has 0 saturated heterocycles. The minimum absolute atomic E-state index is 0.350. The SMILES string of the molecule is CC(C)NCC(O)/C=N/OCc1ccccc1. The number of nitrogens with zero attached hydrogens (tertiary/aromatic N) is 1. The highest BCUT2D eigenvalue weighted by molar-refractivity contribution is 5.62. The number of hydrogen-bond acceptors (Lipinski definition) is 4. The first kappa shape index (κ1) is 13.7. The molecule has 0 heterocycles. The van der Waals surface area contributed by atoms with Crippen LogP contribution in [0, 0.1) is 0 Å². The Morgan fingerprint density at radius 3 is 2.71 bits per heavy atom. The molecule has 0 saturated carbocycles. The van der Waals surface area contributed by atoms with E-state index in [4.69, 9.17) is 4.84 Å². The Morgan fingerprint density at radius 2 is 2.06 bits per heavy atom. The Bertz CT molecular complexity index is 325. The fourth-order valence-corrected chi connectivity index (χ4v) is 1.21. The monoisotopic (exact) mass is 236 g/mol. The smallest absolute Gasteiger partial charge is 0.142 e. The summed E-state index contributed by atoms with van der Waals surface area (Å²) in [5, 5.41) is 16.3. The van der Waals surface area contributed by atoms with E-state index in [-0.39, 0.29) is 0 Å². The molecular weight excluding hydrogens is 216 g/mol. The third-order valence-electron chi connectivity index (χ3n) is 2.12. The van der Waals surface area contributed by atoms with Gasteiger partial charge in [-0.3, -0.25) is 0 Å². The second kappa shape index (κ2) is 7.81. The molecular formula is C13H20N2O2. The van der Waals surface area contributed by atoms with Crippen molar-refractivity contribution in [3.05, 3.63) is 35.9 Å². The van der Waals surface area contributed by atoms with E-state index in [9.17, 15) is 5.11 Å². The summed E-state index contributed by atoms with van der Waals surface area (Å²) in [4.78, 5) is 5.08. The van der Waals surface area contributed by atoms with Crippen molar-refractivity contribution in [1.29, 1.82) is 0 Å². The van der Waals surface area contributed by atoms with E-state index in [1.54, 1.807) is 0 Å². The second-order valence-corrected chi connectivity index (χ2v) is 4.14. The van der Waals surface area contributed by atoms with Crippen LogP contribution in [-0.4, -0.2) is 30.0 Å². The molecule has 0 aliphatic heterocycles. The lowest BCUT2D eigenvalue weighted by molar-refractivity contribution is 0.127. The van der Waals surface area contributed by atoms with Crippen molar-refractivity contribution in [2.45, 2.75) is 32.6 Å². The van der Waals surface area contributed by atoms with Crippen LogP contribution < -0.4 is 5.32 Å². The van der Waals surface area contributed by atoms with Gasteiger partial charge < -0.3 is 15.3 Å². The molecule has 0 spiro atoms. The van der Waals surface area contributed by atoms with Crippen LogP contribution in [0.1, 0.15) is 19.4 Å². The highest BCUT2D eigenvalue weighted by Crippen LogP contribution is 2.00. The zero-order valence-corrected chi connectivity index (χ0v) is 10.3. The molecule has 1 unspecified atom stereocenters. The standard InChI is InChI=1S/C13H20N2O2/c1-11(2)14-8-13(16)9-15-17-10-12-6-4-3-5-7-12/h3-7,9,11,13-14,16H,8,10H2,1-2H3/b15-9+. The molecule has 1 aromatic carbocycles. The molecule has 0 aliphatic rings. The lowest BCUT2D eigenvalue weighted by atomic mass is 10.2. The maximum atomic E-state index is 9.50. The summed E-state index contributed by atoms with van der Waals surface area (Å²) in [6.07, 6.45) is 0.784. The second-order valence-electron chi connectivity index (χ2n) is 4.14. The molecule has 4 heteroatoms. The van der Waals surface area contributed by atoms with Gasteiger partial charge in [-0.1, -0.05) is 49.3 Å². The first-order valence-corrected chi connectivity index (χ1v) is 5.79. The number of aliphatic hydroxyl groups excluding tert-OH is 1. The quantitative estimate of drug-likeness (QED) is 0.558. The maximum absolute atomic E-state index is 9.50. The number of aliphatic hydroxyl groups is 1. The molecule has 1 atom stereocenters. The molecule has 1 aromatic rings. The van der Waals surface area contributed by atoms with E-state index in [0.717, 1.165) is 5.56 Å². The minimum Gasteiger partial charge on any atom is -0.391 e. The largest absolute Gasteiger partial charge is 0.391 e. The number of rotatable bonds is 7. The Balaban J connectivity index is 2.17. The van der Waals surface area contributed by atoms with Crippen molar-refractivity contribution in [3.63, 3.8) is 0 Å². The summed E-state index contributed by atoms with van der Waals surface area (Å²) in [6, 6.07) is 10.1. The Morgan fingerprint density at radius 1 is 1.35 bits per heavy atom. The molecule has 0 radical (unpaired) electrons. The van der Waals surface area contributed by atoms with Gasteiger partial charge in [-0.2, -0.15) is 0 Å². The molecule has 0 bridgehead atoms. The summed E-state index contributed by atoms with van der Waals surface area (Å²) in [6.45, 7) is 4.95. The van der Waals surface area contributed by atoms with Crippen molar-refractivity contribution >= 4 is 6.21 Å². The Hall–Kier alpha value is -1.39. The van der Waals surface area contributed by atoms with E-state index in [1.807, 2.05) is 44.2 Å². The van der Waals surface area contributed by atoms with Gasteiger partial charge in [0.2, 0.25) is 0 Å². The lowest BCUT2D eigenvalue weighted by Gasteiger charge is -2.09. The third kappa shape index (κ3) is 6.71. The molecule has 17 heavy (non-hydrogen) atoms. The zero-order chi connectivity index (χ0) is 12.5. The predicted molar refractivity (Wildman–Crippen MR) is 68.9 cm³/mol. The predicted octanol–water partition coefficient (Wildman–Crippen LogP) is 1.55. The van der Waals surface area contributed by atoms with Crippen molar-refractivity contribution < 1.29 is 9.94 Å². The third-order valence-corrected chi connectivity index (χ3v) is 2.12. The van der Waals surface area contributed by atoms with Gasteiger partial charge in [0.1, 0.15) is 12.7 Å². The van der Waals surface area contributed by atoms with Crippen LogP contribution in [0.15, 0.2) is 35.5 Å². The van der Waals surface area contributed by atoms with E-state index >= 15 is 0 Å². The van der Waals surface area contributed by atoms with Crippen molar-refractivity contribution in [2.24, 2.45) is 5.16 Å². The molecule has 2 N–H and O–H groups in total. The van der Waals surface area contributed by atoms with E-state index in [1.165, 1.54) is 6.21 Å². The van der Waals surface area contributed by atoms with E-state index in [2.05, 4.69) is 10.5 Å². The summed E-state index contributed by atoms with van der Waals surface area (Å²) < 4.78 is 0. The molecule has 0 fully saturated rings. The molecule has 0 aromatic heterocycles. The first-order chi connectivity index (χ1) is 8.18. The normalized spacial score (nSPS) is 13.2. The van der Waals surface area contributed by atoms with Crippen molar-refractivity contribution in [2.75, 3.05) is 6.54 Å². The van der Waals surface area contributed by atoms with Gasteiger partial charge in [0.25, 0.3) is 0 Å². The fourth-order valence-electron chi connectivity index (χ4n) is 1.21. The zero-order valence-electron chi connectivity index (χ0n) is 10.3. The van der Waals surface area contributed by atoms with Gasteiger partial charge in [-0.05, 0) is 5.56 Å². The molecule has 94 valence electrons.